The molecular weight excluding hydrogens is 360 g/mol. The molecule has 0 radical (unpaired) electrons. The molecular formula is C25H30N2O2. The van der Waals surface area contributed by atoms with Crippen LogP contribution in [-0.4, -0.2) is 10.9 Å². The zero-order valence-corrected chi connectivity index (χ0v) is 17.8. The third kappa shape index (κ3) is 4.94. The monoisotopic (exact) mass is 390 g/mol. The Kier molecular flexibility index (Phi) is 6.21. The third-order valence-electron chi connectivity index (χ3n) is 5.66. The number of nitrogens with one attached hydrogen (secondary N) is 1. The van der Waals surface area contributed by atoms with E-state index in [2.05, 4.69) is 55.9 Å². The molecule has 1 amide bonds. The van der Waals surface area contributed by atoms with Crippen molar-refractivity contribution in [3.05, 3.63) is 77.5 Å². The Bertz CT molecular complexity index is 949. The maximum absolute atomic E-state index is 12.7. The van der Waals surface area contributed by atoms with Crippen LogP contribution in [0.4, 0.5) is 0 Å². The van der Waals surface area contributed by atoms with Crippen LogP contribution in [-0.2, 0) is 4.79 Å². The molecule has 0 unspecified atom stereocenters. The van der Waals surface area contributed by atoms with E-state index < -0.39 is 0 Å². The largest absolute Gasteiger partial charge is 0.447 e. The average Bonchev–Trinajstić information content (AvgIpc) is 3.22. The van der Waals surface area contributed by atoms with Crippen LogP contribution >= 0.6 is 0 Å². The van der Waals surface area contributed by atoms with Crippen LogP contribution in [0.5, 0.6) is 0 Å². The second-order valence-electron chi connectivity index (χ2n) is 8.49. The molecule has 1 heterocycles. The minimum atomic E-state index is -0.316. The van der Waals surface area contributed by atoms with Gasteiger partial charge in [-0.3, -0.25) is 4.79 Å². The third-order valence-corrected chi connectivity index (χ3v) is 5.66. The fourth-order valence-corrected chi connectivity index (χ4v) is 3.65. The number of allylic oxidation sites excluding steroid dienone is 2. The molecule has 152 valence electrons. The van der Waals surface area contributed by atoms with Gasteiger partial charge in [-0.05, 0) is 66.9 Å². The summed E-state index contributed by atoms with van der Waals surface area (Å²) in [5, 5.41) is 2.91. The predicted octanol–water partition coefficient (Wildman–Crippen LogP) is 6.02. The Morgan fingerprint density at radius 2 is 2.17 bits per heavy atom. The summed E-state index contributed by atoms with van der Waals surface area (Å²) in [6.07, 6.45) is 12.3. The van der Waals surface area contributed by atoms with Gasteiger partial charge in [0.25, 0.3) is 5.91 Å². The van der Waals surface area contributed by atoms with Crippen LogP contribution in [0.3, 0.4) is 0 Å². The Morgan fingerprint density at radius 3 is 2.79 bits per heavy atom. The van der Waals surface area contributed by atoms with Crippen molar-refractivity contribution in [3.63, 3.8) is 0 Å². The quantitative estimate of drug-likeness (QED) is 0.484. The summed E-state index contributed by atoms with van der Waals surface area (Å²) in [5.41, 5.74) is 5.78. The Morgan fingerprint density at radius 1 is 1.38 bits per heavy atom. The number of carbonyl (C=O) groups is 1. The smallest absolute Gasteiger partial charge is 0.251 e. The molecule has 2 aromatic rings. The fourth-order valence-electron chi connectivity index (χ4n) is 3.65. The van der Waals surface area contributed by atoms with Gasteiger partial charge in [0.05, 0.1) is 6.20 Å². The number of hydrogen-bond donors (Lipinski definition) is 1. The van der Waals surface area contributed by atoms with Gasteiger partial charge < -0.3 is 9.73 Å². The average molecular weight is 391 g/mol. The first-order chi connectivity index (χ1) is 13.8. The predicted molar refractivity (Wildman–Crippen MR) is 118 cm³/mol. The molecule has 1 N–H and O–H groups in total. The Hall–Kier alpha value is -2.88. The van der Waals surface area contributed by atoms with Gasteiger partial charge in [-0.2, -0.15) is 0 Å². The second kappa shape index (κ2) is 8.64. The van der Waals surface area contributed by atoms with Gasteiger partial charge in [-0.1, -0.05) is 50.8 Å². The molecule has 0 bridgehead atoms. The minimum absolute atomic E-state index is 0.200. The molecule has 1 atom stereocenters. The molecule has 4 nitrogen and oxygen atoms in total. The van der Waals surface area contributed by atoms with Crippen LogP contribution in [0.2, 0.25) is 0 Å². The molecule has 0 aliphatic heterocycles. The molecule has 1 aliphatic rings. The lowest BCUT2D eigenvalue weighted by Gasteiger charge is -2.29. The van der Waals surface area contributed by atoms with Gasteiger partial charge in [-0.15, -0.1) is 0 Å². The molecule has 0 saturated carbocycles. The van der Waals surface area contributed by atoms with Gasteiger partial charge in [-0.25, -0.2) is 4.98 Å². The van der Waals surface area contributed by atoms with Gasteiger partial charge in [0.15, 0.2) is 0 Å². The van der Waals surface area contributed by atoms with Crippen molar-refractivity contribution in [2.24, 2.45) is 5.41 Å². The van der Waals surface area contributed by atoms with Crippen LogP contribution in [0.1, 0.15) is 68.7 Å². The zero-order valence-electron chi connectivity index (χ0n) is 17.8. The maximum atomic E-state index is 12.7. The van der Waals surface area contributed by atoms with Gasteiger partial charge in [0.2, 0.25) is 5.89 Å². The standard InChI is InChI=1S/C25H30N2O2/c1-6-19(23(28)27-18(3)24-26-14-15-29-24)16-21-8-7-9-22(17(21)2)20-10-12-25(4,5)13-11-20/h6-10,14-16,18H,1,11-13H2,2-5H3,(H,27,28)/b19-16+/t18-/m1/s1. The number of aromatic nitrogens is 1. The topological polar surface area (TPSA) is 55.1 Å². The van der Waals surface area contributed by atoms with E-state index >= 15 is 0 Å². The molecule has 1 aliphatic carbocycles. The lowest BCUT2D eigenvalue weighted by molar-refractivity contribution is -0.117. The second-order valence-corrected chi connectivity index (χ2v) is 8.49. The van der Waals surface area contributed by atoms with Gasteiger partial charge >= 0.3 is 0 Å². The van der Waals surface area contributed by atoms with E-state index in [0.29, 0.717) is 16.9 Å². The number of carbonyl (C=O) groups excluding carboxylic acids is 1. The van der Waals surface area contributed by atoms with E-state index in [1.165, 1.54) is 29.4 Å². The van der Waals surface area contributed by atoms with Crippen LogP contribution in [0.25, 0.3) is 11.6 Å². The van der Waals surface area contributed by atoms with E-state index in [4.69, 9.17) is 4.42 Å². The number of nitrogens with zero attached hydrogens (tertiary/aromatic N) is 1. The van der Waals surface area contributed by atoms with E-state index in [9.17, 15) is 4.79 Å². The minimum Gasteiger partial charge on any atom is -0.447 e. The molecule has 0 fully saturated rings. The number of hydrogen-bond acceptors (Lipinski definition) is 3. The Labute approximate surface area is 173 Å². The summed E-state index contributed by atoms with van der Waals surface area (Å²) in [4.78, 5) is 16.8. The maximum Gasteiger partial charge on any atom is 0.251 e. The molecule has 0 saturated heterocycles. The first kappa shape index (κ1) is 20.8. The van der Waals surface area contributed by atoms with E-state index in [1.807, 2.05) is 19.1 Å². The number of oxazole rings is 1. The summed E-state index contributed by atoms with van der Waals surface area (Å²) < 4.78 is 5.27. The normalized spacial score (nSPS) is 17.4. The molecule has 1 aromatic carbocycles. The van der Waals surface area contributed by atoms with Crippen LogP contribution in [0.15, 0.2) is 59.4 Å². The number of amides is 1. The highest BCUT2D eigenvalue weighted by Crippen LogP contribution is 2.39. The lowest BCUT2D eigenvalue weighted by Crippen LogP contribution is -2.27. The highest BCUT2D eigenvalue weighted by molar-refractivity contribution is 6.01. The number of benzene rings is 1. The summed E-state index contributed by atoms with van der Waals surface area (Å²) >= 11 is 0. The van der Waals surface area contributed by atoms with E-state index in [0.717, 1.165) is 18.4 Å². The van der Waals surface area contributed by atoms with Crippen molar-refractivity contribution >= 4 is 17.6 Å². The Balaban J connectivity index is 1.83. The lowest BCUT2D eigenvalue weighted by atomic mass is 9.76. The van der Waals surface area contributed by atoms with Crippen molar-refractivity contribution in [3.8, 4) is 0 Å². The SMILES string of the molecule is C=C/C(=C\c1cccc(C2=CCC(C)(C)CC2)c1C)C(=O)N[C@H](C)c1ncco1. The van der Waals surface area contributed by atoms with Crippen molar-refractivity contribution in [1.29, 1.82) is 0 Å². The van der Waals surface area contributed by atoms with Gasteiger partial charge in [0.1, 0.15) is 12.3 Å². The van der Waals surface area contributed by atoms with Crippen LogP contribution < -0.4 is 5.32 Å². The summed E-state index contributed by atoms with van der Waals surface area (Å²) in [6, 6.07) is 5.96. The highest BCUT2D eigenvalue weighted by Gasteiger charge is 2.23. The molecule has 4 heteroatoms. The number of rotatable bonds is 6. The van der Waals surface area contributed by atoms with Crippen molar-refractivity contribution in [2.75, 3.05) is 0 Å². The fraction of sp³-hybridized carbons (Fsp3) is 0.360. The van der Waals surface area contributed by atoms with Crippen molar-refractivity contribution in [2.45, 2.75) is 53.0 Å². The van der Waals surface area contributed by atoms with E-state index in [-0.39, 0.29) is 11.9 Å². The first-order valence-electron chi connectivity index (χ1n) is 10.1. The van der Waals surface area contributed by atoms with Crippen molar-refractivity contribution < 1.29 is 9.21 Å². The molecule has 3 rings (SSSR count). The summed E-state index contributed by atoms with van der Waals surface area (Å²) in [6.45, 7) is 12.4. The van der Waals surface area contributed by atoms with Crippen LogP contribution in [0, 0.1) is 12.3 Å². The highest BCUT2D eigenvalue weighted by atomic mass is 16.3. The van der Waals surface area contributed by atoms with Gasteiger partial charge in [0, 0.05) is 5.57 Å². The zero-order chi connectivity index (χ0) is 21.0. The van der Waals surface area contributed by atoms with Crippen molar-refractivity contribution in [1.82, 2.24) is 10.3 Å². The molecule has 0 spiro atoms. The summed E-state index contributed by atoms with van der Waals surface area (Å²) in [7, 11) is 0. The molecule has 1 aromatic heterocycles. The van der Waals surface area contributed by atoms with E-state index in [1.54, 1.807) is 12.3 Å². The summed E-state index contributed by atoms with van der Waals surface area (Å²) in [5.74, 6) is 0.279. The first-order valence-corrected chi connectivity index (χ1v) is 10.1. The molecule has 29 heavy (non-hydrogen) atoms.